The number of aromatic nitrogens is 1. The fourth-order valence-corrected chi connectivity index (χ4v) is 2.19. The number of rotatable bonds is 4. The van der Waals surface area contributed by atoms with E-state index in [9.17, 15) is 9.59 Å². The maximum absolute atomic E-state index is 12.0. The summed E-state index contributed by atoms with van der Waals surface area (Å²) in [5.41, 5.74) is 2.01. The molecule has 0 atom stereocenters. The molecular weight excluding hydrogens is 276 g/mol. The molecule has 1 aromatic heterocycles. The Morgan fingerprint density at radius 3 is 2.65 bits per heavy atom. The number of nitrogens with one attached hydrogen (secondary N) is 1. The van der Waals surface area contributed by atoms with Crippen molar-refractivity contribution in [1.82, 2.24) is 4.98 Å². The van der Waals surface area contributed by atoms with Gasteiger partial charge in [-0.1, -0.05) is 17.7 Å². The van der Waals surface area contributed by atoms with Crippen LogP contribution in [0.2, 0.25) is 0 Å². The van der Waals surface area contributed by atoms with E-state index in [1.807, 2.05) is 31.2 Å². The van der Waals surface area contributed by atoms with Crippen LogP contribution in [-0.2, 0) is 4.74 Å². The summed E-state index contributed by atoms with van der Waals surface area (Å²) in [4.78, 5) is 27.4. The van der Waals surface area contributed by atoms with Crippen molar-refractivity contribution in [1.29, 1.82) is 0 Å². The number of hydrogen-bond donors (Lipinski definition) is 1. The summed E-state index contributed by atoms with van der Waals surface area (Å²) in [6.45, 7) is 3.97. The van der Waals surface area contributed by atoms with E-state index < -0.39 is 5.97 Å². The van der Waals surface area contributed by atoms with Crippen molar-refractivity contribution in [3.8, 4) is 0 Å². The summed E-state index contributed by atoms with van der Waals surface area (Å²) >= 11 is 1.09. The van der Waals surface area contributed by atoms with Crippen LogP contribution in [0, 0.1) is 6.92 Å². The van der Waals surface area contributed by atoms with Crippen molar-refractivity contribution in [3.05, 3.63) is 45.9 Å². The molecule has 5 nitrogen and oxygen atoms in total. The molecule has 1 N–H and O–H groups in total. The van der Waals surface area contributed by atoms with Gasteiger partial charge in [0.2, 0.25) is 5.01 Å². The highest BCUT2D eigenvalue weighted by atomic mass is 32.1. The van der Waals surface area contributed by atoms with Gasteiger partial charge in [-0.05, 0) is 26.0 Å². The topological polar surface area (TPSA) is 68.3 Å². The van der Waals surface area contributed by atoms with Crippen LogP contribution in [-0.4, -0.2) is 23.5 Å². The zero-order valence-electron chi connectivity index (χ0n) is 11.2. The van der Waals surface area contributed by atoms with Crippen LogP contribution < -0.4 is 5.32 Å². The first-order chi connectivity index (χ1) is 9.60. The second-order valence-corrected chi connectivity index (χ2v) is 4.94. The smallest absolute Gasteiger partial charge is 0.367 e. The van der Waals surface area contributed by atoms with E-state index in [2.05, 4.69) is 10.3 Å². The predicted octanol–water partition coefficient (Wildman–Crippen LogP) is 2.88. The summed E-state index contributed by atoms with van der Waals surface area (Å²) < 4.78 is 4.83. The summed E-state index contributed by atoms with van der Waals surface area (Å²) in [6.07, 6.45) is 0. The molecule has 0 saturated carbocycles. The zero-order chi connectivity index (χ0) is 14.5. The van der Waals surface area contributed by atoms with Crippen molar-refractivity contribution in [2.24, 2.45) is 0 Å². The third kappa shape index (κ3) is 3.42. The van der Waals surface area contributed by atoms with Gasteiger partial charge in [-0.25, -0.2) is 9.78 Å². The molecule has 1 aromatic carbocycles. The van der Waals surface area contributed by atoms with E-state index >= 15 is 0 Å². The molecule has 2 aromatic rings. The highest BCUT2D eigenvalue weighted by Gasteiger charge is 2.16. The highest BCUT2D eigenvalue weighted by molar-refractivity contribution is 7.11. The van der Waals surface area contributed by atoms with Gasteiger partial charge in [-0.15, -0.1) is 11.3 Å². The Labute approximate surface area is 120 Å². The molecule has 0 saturated heterocycles. The van der Waals surface area contributed by atoms with Crippen LogP contribution in [0.15, 0.2) is 29.6 Å². The van der Waals surface area contributed by atoms with Gasteiger partial charge < -0.3 is 10.1 Å². The molecule has 1 heterocycles. The molecule has 2 rings (SSSR count). The van der Waals surface area contributed by atoms with E-state index in [1.54, 1.807) is 6.92 Å². The second kappa shape index (κ2) is 6.29. The Morgan fingerprint density at radius 1 is 1.30 bits per heavy atom. The number of carbonyl (C=O) groups is 2. The van der Waals surface area contributed by atoms with Gasteiger partial charge in [0.1, 0.15) is 5.69 Å². The Bertz CT molecular complexity index is 620. The Balaban J connectivity index is 2.06. The zero-order valence-corrected chi connectivity index (χ0v) is 12.0. The molecule has 0 unspecified atom stereocenters. The molecule has 1 amide bonds. The van der Waals surface area contributed by atoms with E-state index in [0.717, 1.165) is 16.9 Å². The lowest BCUT2D eigenvalue weighted by atomic mass is 10.2. The van der Waals surface area contributed by atoms with E-state index in [0.29, 0.717) is 5.69 Å². The summed E-state index contributed by atoms with van der Waals surface area (Å²) in [5.74, 6) is -0.854. The van der Waals surface area contributed by atoms with Crippen molar-refractivity contribution >= 4 is 28.9 Å². The molecule has 0 radical (unpaired) electrons. The van der Waals surface area contributed by atoms with Crippen molar-refractivity contribution < 1.29 is 14.3 Å². The highest BCUT2D eigenvalue weighted by Crippen LogP contribution is 2.14. The molecular formula is C14H14N2O3S. The molecule has 0 aliphatic rings. The molecule has 20 heavy (non-hydrogen) atoms. The molecule has 0 aliphatic carbocycles. The van der Waals surface area contributed by atoms with Crippen LogP contribution in [0.5, 0.6) is 0 Å². The number of thiazole rings is 1. The first-order valence-corrected chi connectivity index (χ1v) is 6.98. The van der Waals surface area contributed by atoms with Crippen molar-refractivity contribution in [3.63, 3.8) is 0 Å². The van der Waals surface area contributed by atoms with E-state index in [4.69, 9.17) is 4.74 Å². The Hall–Kier alpha value is -2.21. The minimum Gasteiger partial charge on any atom is -0.461 e. The van der Waals surface area contributed by atoms with Crippen molar-refractivity contribution in [2.45, 2.75) is 13.8 Å². The largest absolute Gasteiger partial charge is 0.461 e. The molecule has 0 aliphatic heterocycles. The van der Waals surface area contributed by atoms with Crippen LogP contribution in [0.4, 0.5) is 5.69 Å². The number of benzene rings is 1. The first kappa shape index (κ1) is 14.2. The average molecular weight is 290 g/mol. The van der Waals surface area contributed by atoms with E-state index in [1.165, 1.54) is 5.38 Å². The van der Waals surface area contributed by atoms with Gasteiger partial charge in [0.15, 0.2) is 0 Å². The maximum atomic E-state index is 12.0. The minimum atomic E-state index is -0.508. The number of nitrogens with zero attached hydrogens (tertiary/aromatic N) is 1. The summed E-state index contributed by atoms with van der Waals surface area (Å²) in [5, 5.41) is 4.44. The first-order valence-electron chi connectivity index (χ1n) is 6.11. The molecule has 0 fully saturated rings. The Morgan fingerprint density at radius 2 is 2.00 bits per heavy atom. The van der Waals surface area contributed by atoms with E-state index in [-0.39, 0.29) is 23.2 Å². The monoisotopic (exact) mass is 290 g/mol. The standard InChI is InChI=1S/C14H14N2O3S/c1-3-19-14(18)13-16-11(8-20-13)12(17)15-10-6-4-9(2)5-7-10/h4-8H,3H2,1-2H3,(H,15,17). The van der Waals surface area contributed by atoms with Gasteiger partial charge in [0, 0.05) is 11.1 Å². The average Bonchev–Trinajstić information content (AvgIpc) is 2.91. The number of ether oxygens (including phenoxy) is 1. The van der Waals surface area contributed by atoms with Gasteiger partial charge in [-0.3, -0.25) is 4.79 Å². The molecule has 104 valence electrons. The normalized spacial score (nSPS) is 10.1. The predicted molar refractivity (Wildman–Crippen MR) is 77.2 cm³/mol. The summed E-state index contributed by atoms with van der Waals surface area (Å²) in [6, 6.07) is 7.43. The minimum absolute atomic E-state index is 0.181. The molecule has 0 spiro atoms. The number of amides is 1. The number of hydrogen-bond acceptors (Lipinski definition) is 5. The lowest BCUT2D eigenvalue weighted by Crippen LogP contribution is -2.13. The third-order valence-corrected chi connectivity index (χ3v) is 3.32. The number of carbonyl (C=O) groups excluding carboxylic acids is 2. The fraction of sp³-hybridized carbons (Fsp3) is 0.214. The van der Waals surface area contributed by atoms with Crippen LogP contribution in [0.25, 0.3) is 0 Å². The summed E-state index contributed by atoms with van der Waals surface area (Å²) in [7, 11) is 0. The molecule has 6 heteroatoms. The van der Waals surface area contributed by atoms with Gasteiger partial charge in [0.05, 0.1) is 6.61 Å². The fourth-order valence-electron chi connectivity index (χ4n) is 1.50. The van der Waals surface area contributed by atoms with Gasteiger partial charge >= 0.3 is 5.97 Å². The Kier molecular flexibility index (Phi) is 4.47. The van der Waals surface area contributed by atoms with Crippen LogP contribution in [0.1, 0.15) is 32.8 Å². The quantitative estimate of drug-likeness (QED) is 0.879. The van der Waals surface area contributed by atoms with Crippen molar-refractivity contribution in [2.75, 3.05) is 11.9 Å². The lowest BCUT2D eigenvalue weighted by molar-refractivity contribution is 0.0526. The number of esters is 1. The third-order valence-electron chi connectivity index (χ3n) is 2.50. The van der Waals surface area contributed by atoms with Crippen LogP contribution >= 0.6 is 11.3 Å². The number of aryl methyl sites for hydroxylation is 1. The second-order valence-electron chi connectivity index (χ2n) is 4.08. The lowest BCUT2D eigenvalue weighted by Gasteiger charge is -2.03. The van der Waals surface area contributed by atoms with Crippen LogP contribution in [0.3, 0.4) is 0 Å². The molecule has 0 bridgehead atoms. The number of anilines is 1. The SMILES string of the molecule is CCOC(=O)c1nc(C(=O)Nc2ccc(C)cc2)cs1. The van der Waals surface area contributed by atoms with Gasteiger partial charge in [-0.2, -0.15) is 0 Å². The van der Waals surface area contributed by atoms with Gasteiger partial charge in [0.25, 0.3) is 5.91 Å². The maximum Gasteiger partial charge on any atom is 0.367 e.